The van der Waals surface area contributed by atoms with E-state index in [1.54, 1.807) is 0 Å². The third-order valence-electron chi connectivity index (χ3n) is 4.17. The molecule has 7 heteroatoms. The first-order chi connectivity index (χ1) is 11.2. The minimum atomic E-state index is -4.37. The molecule has 1 rings (SSSR count). The Morgan fingerprint density at radius 3 is 2.25 bits per heavy atom. The van der Waals surface area contributed by atoms with Gasteiger partial charge in [-0.25, -0.2) is 0 Å². The second-order valence-corrected chi connectivity index (χ2v) is 6.13. The molecule has 1 amide bonds. The SMILES string of the molecule is CCC(CC)(CNC(=O)CCOCC(F)(F)F)c1ccc(Cl)cc1. The maximum Gasteiger partial charge on any atom is 0.411 e. The van der Waals surface area contributed by atoms with Crippen LogP contribution in [0.15, 0.2) is 24.3 Å². The van der Waals surface area contributed by atoms with Crippen LogP contribution >= 0.6 is 11.6 Å². The van der Waals surface area contributed by atoms with Gasteiger partial charge in [0.15, 0.2) is 0 Å². The summed E-state index contributed by atoms with van der Waals surface area (Å²) in [5, 5.41) is 3.45. The van der Waals surface area contributed by atoms with Crippen LogP contribution in [0.5, 0.6) is 0 Å². The van der Waals surface area contributed by atoms with E-state index in [0.29, 0.717) is 11.6 Å². The molecule has 0 saturated carbocycles. The fourth-order valence-corrected chi connectivity index (χ4v) is 2.65. The molecule has 0 heterocycles. The van der Waals surface area contributed by atoms with Gasteiger partial charge < -0.3 is 10.1 Å². The highest BCUT2D eigenvalue weighted by Gasteiger charge is 2.29. The van der Waals surface area contributed by atoms with E-state index in [9.17, 15) is 18.0 Å². The molecule has 24 heavy (non-hydrogen) atoms. The van der Waals surface area contributed by atoms with Crippen LogP contribution in [-0.2, 0) is 14.9 Å². The number of benzene rings is 1. The molecule has 3 nitrogen and oxygen atoms in total. The van der Waals surface area contributed by atoms with Crippen molar-refractivity contribution in [3.63, 3.8) is 0 Å². The van der Waals surface area contributed by atoms with Crippen molar-refractivity contribution < 1.29 is 22.7 Å². The summed E-state index contributed by atoms with van der Waals surface area (Å²) in [5.74, 6) is -0.322. The van der Waals surface area contributed by atoms with E-state index in [0.717, 1.165) is 18.4 Å². The number of carbonyl (C=O) groups excluding carboxylic acids is 1. The van der Waals surface area contributed by atoms with Crippen molar-refractivity contribution in [1.29, 1.82) is 0 Å². The highest BCUT2D eigenvalue weighted by molar-refractivity contribution is 6.30. The predicted molar refractivity (Wildman–Crippen MR) is 88.2 cm³/mol. The maximum atomic E-state index is 12.0. The molecule has 0 saturated heterocycles. The van der Waals surface area contributed by atoms with E-state index >= 15 is 0 Å². The summed E-state index contributed by atoms with van der Waals surface area (Å²) in [5.41, 5.74) is 0.845. The van der Waals surface area contributed by atoms with E-state index in [2.05, 4.69) is 10.1 Å². The number of alkyl halides is 3. The van der Waals surface area contributed by atoms with Crippen LogP contribution in [0, 0.1) is 0 Å². The molecule has 0 aromatic heterocycles. The fraction of sp³-hybridized carbons (Fsp3) is 0.588. The predicted octanol–water partition coefficient (Wildman–Crippen LogP) is 4.48. The molecule has 0 bridgehead atoms. The summed E-state index contributed by atoms with van der Waals surface area (Å²) >= 11 is 5.91. The average molecular weight is 366 g/mol. The van der Waals surface area contributed by atoms with Crippen molar-refractivity contribution in [1.82, 2.24) is 5.32 Å². The molecule has 0 aliphatic carbocycles. The van der Waals surface area contributed by atoms with E-state index in [4.69, 9.17) is 11.6 Å². The van der Waals surface area contributed by atoms with Gasteiger partial charge in [0.1, 0.15) is 6.61 Å². The highest BCUT2D eigenvalue weighted by Crippen LogP contribution is 2.31. The molecule has 1 aromatic rings. The average Bonchev–Trinajstić information content (AvgIpc) is 2.53. The summed E-state index contributed by atoms with van der Waals surface area (Å²) in [6, 6.07) is 7.50. The van der Waals surface area contributed by atoms with E-state index in [1.165, 1.54) is 0 Å². The Labute approximate surface area is 145 Å². The number of hydrogen-bond acceptors (Lipinski definition) is 2. The Morgan fingerprint density at radius 2 is 1.75 bits per heavy atom. The third kappa shape index (κ3) is 6.69. The van der Waals surface area contributed by atoms with E-state index in [1.807, 2.05) is 38.1 Å². The molecular formula is C17H23ClF3NO2. The molecule has 1 N–H and O–H groups in total. The van der Waals surface area contributed by atoms with Gasteiger partial charge in [0.25, 0.3) is 0 Å². The molecule has 0 spiro atoms. The number of halogens is 4. The second kappa shape index (κ2) is 9.28. The standard InChI is InChI=1S/C17H23ClF3NO2/c1-3-16(4-2,13-5-7-14(18)8-6-13)11-22-15(23)9-10-24-12-17(19,20)21/h5-8H,3-4,9-12H2,1-2H3,(H,22,23). The molecule has 136 valence electrons. The number of ether oxygens (including phenoxy) is 1. The van der Waals surface area contributed by atoms with Crippen molar-refractivity contribution in [3.05, 3.63) is 34.9 Å². The quantitative estimate of drug-likeness (QED) is 0.655. The molecular weight excluding hydrogens is 343 g/mol. The van der Waals surface area contributed by atoms with Gasteiger partial charge in [0.2, 0.25) is 5.91 Å². The first-order valence-electron chi connectivity index (χ1n) is 7.89. The zero-order chi connectivity index (χ0) is 18.2. The zero-order valence-corrected chi connectivity index (χ0v) is 14.6. The van der Waals surface area contributed by atoms with Gasteiger partial charge in [-0.2, -0.15) is 13.2 Å². The summed E-state index contributed by atoms with van der Waals surface area (Å²) in [7, 11) is 0. The first kappa shape index (κ1) is 20.8. The number of rotatable bonds is 9. The van der Waals surface area contributed by atoms with Crippen molar-refractivity contribution >= 4 is 17.5 Å². The summed E-state index contributed by atoms with van der Waals surface area (Å²) in [6.07, 6.45) is -2.84. The summed E-state index contributed by atoms with van der Waals surface area (Å²) < 4.78 is 40.3. The van der Waals surface area contributed by atoms with Crippen LogP contribution in [0.3, 0.4) is 0 Å². The van der Waals surface area contributed by atoms with Crippen LogP contribution in [-0.4, -0.2) is 31.8 Å². The lowest BCUT2D eigenvalue weighted by Gasteiger charge is -2.32. The molecule has 0 aliphatic heterocycles. The third-order valence-corrected chi connectivity index (χ3v) is 4.43. The Balaban J connectivity index is 2.54. The van der Waals surface area contributed by atoms with Crippen LogP contribution in [0.2, 0.25) is 5.02 Å². The van der Waals surface area contributed by atoms with Crippen molar-refractivity contribution in [2.75, 3.05) is 19.8 Å². The van der Waals surface area contributed by atoms with Crippen molar-refractivity contribution in [3.8, 4) is 0 Å². The Hall–Kier alpha value is -1.27. The van der Waals surface area contributed by atoms with E-state index < -0.39 is 12.8 Å². The Kier molecular flexibility index (Phi) is 8.03. The highest BCUT2D eigenvalue weighted by atomic mass is 35.5. The van der Waals surface area contributed by atoms with Gasteiger partial charge >= 0.3 is 6.18 Å². The van der Waals surface area contributed by atoms with Crippen LogP contribution in [0.25, 0.3) is 0 Å². The van der Waals surface area contributed by atoms with E-state index in [-0.39, 0.29) is 24.3 Å². The van der Waals surface area contributed by atoms with Crippen LogP contribution < -0.4 is 5.32 Å². The minimum absolute atomic E-state index is 0.0970. The number of carbonyl (C=O) groups is 1. The second-order valence-electron chi connectivity index (χ2n) is 5.69. The fourth-order valence-electron chi connectivity index (χ4n) is 2.52. The molecule has 0 aliphatic rings. The van der Waals surface area contributed by atoms with Gasteiger partial charge in [-0.05, 0) is 30.5 Å². The lowest BCUT2D eigenvalue weighted by molar-refractivity contribution is -0.174. The Bertz CT molecular complexity index is 514. The normalized spacial score (nSPS) is 12.2. The molecule has 0 fully saturated rings. The number of hydrogen-bond donors (Lipinski definition) is 1. The van der Waals surface area contributed by atoms with Crippen molar-refractivity contribution in [2.24, 2.45) is 0 Å². The minimum Gasteiger partial charge on any atom is -0.372 e. The van der Waals surface area contributed by atoms with Crippen molar-refractivity contribution in [2.45, 2.75) is 44.7 Å². The Morgan fingerprint density at radius 1 is 1.17 bits per heavy atom. The van der Waals surface area contributed by atoms with Crippen LogP contribution in [0.1, 0.15) is 38.7 Å². The molecule has 1 aromatic carbocycles. The van der Waals surface area contributed by atoms with Gasteiger partial charge in [-0.15, -0.1) is 0 Å². The molecule has 0 unspecified atom stereocenters. The monoisotopic (exact) mass is 365 g/mol. The molecule has 0 atom stereocenters. The summed E-state index contributed by atoms with van der Waals surface area (Å²) in [4.78, 5) is 11.8. The van der Waals surface area contributed by atoms with Gasteiger partial charge in [-0.1, -0.05) is 37.6 Å². The smallest absolute Gasteiger partial charge is 0.372 e. The lowest BCUT2D eigenvalue weighted by atomic mass is 9.76. The number of amides is 1. The topological polar surface area (TPSA) is 38.3 Å². The first-order valence-corrected chi connectivity index (χ1v) is 8.27. The lowest BCUT2D eigenvalue weighted by Crippen LogP contribution is -2.40. The maximum absolute atomic E-state index is 12.0. The largest absolute Gasteiger partial charge is 0.411 e. The van der Waals surface area contributed by atoms with Gasteiger partial charge in [0.05, 0.1) is 6.61 Å². The zero-order valence-electron chi connectivity index (χ0n) is 13.9. The van der Waals surface area contributed by atoms with Gasteiger partial charge in [0, 0.05) is 23.4 Å². The number of nitrogens with one attached hydrogen (secondary N) is 1. The molecule has 0 radical (unpaired) electrons. The van der Waals surface area contributed by atoms with Crippen LogP contribution in [0.4, 0.5) is 13.2 Å². The van der Waals surface area contributed by atoms with Gasteiger partial charge in [-0.3, -0.25) is 4.79 Å². The summed E-state index contributed by atoms with van der Waals surface area (Å²) in [6.45, 7) is 2.91.